The lowest BCUT2D eigenvalue weighted by Crippen LogP contribution is -2.41. The van der Waals surface area contributed by atoms with Crippen LogP contribution < -0.4 is 25.5 Å². The van der Waals surface area contributed by atoms with Gasteiger partial charge in [0.2, 0.25) is 0 Å². The molecule has 200 valence electrons. The summed E-state index contributed by atoms with van der Waals surface area (Å²) in [5.74, 6) is -2.21. The van der Waals surface area contributed by atoms with E-state index in [1.165, 1.54) is 24.4 Å². The van der Waals surface area contributed by atoms with Gasteiger partial charge in [-0.3, -0.25) is 14.4 Å². The number of rotatable bonds is 10. The van der Waals surface area contributed by atoms with Crippen LogP contribution in [0.1, 0.15) is 38.3 Å². The van der Waals surface area contributed by atoms with Crippen LogP contribution in [0.15, 0.2) is 46.0 Å². The summed E-state index contributed by atoms with van der Waals surface area (Å²) < 4.78 is 50.9. The summed E-state index contributed by atoms with van der Waals surface area (Å²) in [5.41, 5.74) is 1.21. The van der Waals surface area contributed by atoms with Gasteiger partial charge in [-0.25, -0.2) is 5.43 Å². The largest absolute Gasteiger partial charge is 0.490 e. The number of halogens is 4. The number of hydrogen-bond donors (Lipinski definition) is 3. The highest BCUT2D eigenvalue weighted by atomic mass is 79.9. The molecule has 37 heavy (non-hydrogen) atoms. The van der Waals surface area contributed by atoms with Crippen LogP contribution >= 0.6 is 15.9 Å². The minimum atomic E-state index is -4.63. The molecule has 2 rings (SSSR count). The van der Waals surface area contributed by atoms with Crippen LogP contribution in [-0.2, 0) is 20.6 Å². The second kappa shape index (κ2) is 13.6. The minimum Gasteiger partial charge on any atom is -0.490 e. The van der Waals surface area contributed by atoms with Crippen molar-refractivity contribution < 1.29 is 37.0 Å². The maximum Gasteiger partial charge on any atom is 0.418 e. The van der Waals surface area contributed by atoms with Crippen molar-refractivity contribution in [3.63, 3.8) is 0 Å². The number of carbonyl (C=O) groups is 3. The number of anilines is 1. The summed E-state index contributed by atoms with van der Waals surface area (Å²) in [5, 5.41) is 8.47. The first-order valence-electron chi connectivity index (χ1n) is 11.1. The fourth-order valence-electron chi connectivity index (χ4n) is 2.84. The molecule has 1 atom stereocenters. The first-order chi connectivity index (χ1) is 17.5. The molecule has 13 heteroatoms. The van der Waals surface area contributed by atoms with Crippen molar-refractivity contribution >= 4 is 45.6 Å². The number of hydrazone groups is 1. The smallest absolute Gasteiger partial charge is 0.418 e. The fourth-order valence-corrected chi connectivity index (χ4v) is 3.41. The van der Waals surface area contributed by atoms with Gasteiger partial charge >= 0.3 is 18.0 Å². The maximum atomic E-state index is 13.2. The van der Waals surface area contributed by atoms with E-state index in [0.29, 0.717) is 16.5 Å². The lowest BCUT2D eigenvalue weighted by molar-refractivity contribution is -0.139. The van der Waals surface area contributed by atoms with Crippen molar-refractivity contribution in [2.45, 2.75) is 39.4 Å². The molecule has 0 aliphatic rings. The van der Waals surface area contributed by atoms with Crippen LogP contribution in [0.2, 0.25) is 0 Å². The van der Waals surface area contributed by atoms with E-state index < -0.39 is 36.1 Å². The van der Waals surface area contributed by atoms with E-state index in [2.05, 4.69) is 37.1 Å². The van der Waals surface area contributed by atoms with Gasteiger partial charge in [0.25, 0.3) is 5.91 Å². The Morgan fingerprint density at radius 1 is 1.11 bits per heavy atom. The zero-order valence-corrected chi connectivity index (χ0v) is 21.8. The highest BCUT2D eigenvalue weighted by Crippen LogP contribution is 2.37. The number of alkyl halides is 3. The Labute approximate surface area is 219 Å². The van der Waals surface area contributed by atoms with E-state index in [1.54, 1.807) is 19.9 Å². The number of hydrogen-bond acceptors (Lipinski definition) is 6. The van der Waals surface area contributed by atoms with Crippen molar-refractivity contribution in [1.29, 1.82) is 0 Å². The number of nitrogens with zero attached hydrogens (tertiary/aromatic N) is 1. The van der Waals surface area contributed by atoms with E-state index in [0.717, 1.165) is 12.1 Å². The quantitative estimate of drug-likeness (QED) is 0.218. The van der Waals surface area contributed by atoms with Gasteiger partial charge in [0.1, 0.15) is 0 Å². The predicted molar refractivity (Wildman–Crippen MR) is 135 cm³/mol. The Kier molecular flexibility index (Phi) is 10.9. The van der Waals surface area contributed by atoms with Crippen LogP contribution in [0, 0.1) is 0 Å². The molecule has 0 radical (unpaired) electrons. The van der Waals surface area contributed by atoms with Gasteiger partial charge in [0.05, 0.1) is 28.5 Å². The summed E-state index contributed by atoms with van der Waals surface area (Å²) >= 11 is 3.30. The number of para-hydroxylation sites is 1. The Balaban J connectivity index is 2.09. The molecule has 0 aromatic heterocycles. The summed E-state index contributed by atoms with van der Waals surface area (Å²) in [4.78, 5) is 35.9. The first-order valence-corrected chi connectivity index (χ1v) is 11.9. The average molecular weight is 587 g/mol. The Morgan fingerprint density at radius 2 is 1.81 bits per heavy atom. The molecule has 0 fully saturated rings. The van der Waals surface area contributed by atoms with Gasteiger partial charge in [0.15, 0.2) is 18.1 Å². The molecule has 2 aromatic rings. The highest BCUT2D eigenvalue weighted by Gasteiger charge is 2.33. The number of amides is 3. The second-order valence-electron chi connectivity index (χ2n) is 7.63. The lowest BCUT2D eigenvalue weighted by atomic mass is 10.1. The molecular formula is C24H26BrF3N4O5. The molecule has 9 nitrogen and oxygen atoms in total. The van der Waals surface area contributed by atoms with E-state index in [4.69, 9.17) is 9.47 Å². The van der Waals surface area contributed by atoms with Crippen molar-refractivity contribution in [2.24, 2.45) is 5.10 Å². The third-order valence-corrected chi connectivity index (χ3v) is 5.35. The summed E-state index contributed by atoms with van der Waals surface area (Å²) in [6, 6.07) is 7.48. The Hall–Kier alpha value is -3.61. The van der Waals surface area contributed by atoms with Gasteiger partial charge < -0.3 is 20.1 Å². The third kappa shape index (κ3) is 9.08. The molecule has 2 aromatic carbocycles. The monoisotopic (exact) mass is 586 g/mol. The molecule has 0 bridgehead atoms. The normalized spacial score (nSPS) is 12.1. The molecule has 0 unspecified atom stereocenters. The average Bonchev–Trinajstić information content (AvgIpc) is 2.83. The van der Waals surface area contributed by atoms with E-state index >= 15 is 0 Å². The molecule has 0 aliphatic heterocycles. The SMILES string of the molecule is CCOc1cc(/C=N\NC(=O)C(=O)N[C@@H](C)CC)cc(Br)c1OCC(=O)Nc1ccccc1C(F)(F)F. The topological polar surface area (TPSA) is 118 Å². The van der Waals surface area contributed by atoms with Crippen LogP contribution in [0.4, 0.5) is 18.9 Å². The van der Waals surface area contributed by atoms with E-state index in [9.17, 15) is 27.6 Å². The minimum absolute atomic E-state index is 0.134. The maximum absolute atomic E-state index is 13.2. The number of benzene rings is 2. The zero-order valence-electron chi connectivity index (χ0n) is 20.2. The van der Waals surface area contributed by atoms with Gasteiger partial charge in [-0.2, -0.15) is 18.3 Å². The standard InChI is InChI=1S/C24H26BrF3N4O5/c1-4-14(3)30-22(34)23(35)32-29-12-15-10-17(25)21(19(11-15)36-5-2)37-13-20(33)31-18-9-7-6-8-16(18)24(26,27)28/h6-12,14H,4-5,13H2,1-3H3,(H,30,34)(H,31,33)(H,32,35)/b29-12-/t14-/m0/s1. The highest BCUT2D eigenvalue weighted by molar-refractivity contribution is 9.10. The molecule has 0 saturated carbocycles. The molecule has 3 N–H and O–H groups in total. The molecule has 0 heterocycles. The van der Waals surface area contributed by atoms with Crippen LogP contribution in [-0.4, -0.2) is 43.2 Å². The van der Waals surface area contributed by atoms with E-state index in [1.807, 2.05) is 6.92 Å². The van der Waals surface area contributed by atoms with Crippen LogP contribution in [0.3, 0.4) is 0 Å². The van der Waals surface area contributed by atoms with Gasteiger partial charge in [-0.05, 0) is 66.0 Å². The zero-order chi connectivity index (χ0) is 27.6. The summed E-state index contributed by atoms with van der Waals surface area (Å²) in [7, 11) is 0. The first kappa shape index (κ1) is 29.6. The van der Waals surface area contributed by atoms with Crippen LogP contribution in [0.25, 0.3) is 0 Å². The molecule has 0 saturated heterocycles. The molecule has 0 spiro atoms. The molecule has 0 aliphatic carbocycles. The van der Waals surface area contributed by atoms with Gasteiger partial charge in [-0.1, -0.05) is 19.1 Å². The van der Waals surface area contributed by atoms with Crippen molar-refractivity contribution in [3.8, 4) is 11.5 Å². The predicted octanol–water partition coefficient (Wildman–Crippen LogP) is 4.25. The van der Waals surface area contributed by atoms with Crippen LogP contribution in [0.5, 0.6) is 11.5 Å². The van der Waals surface area contributed by atoms with E-state index in [-0.39, 0.29) is 29.8 Å². The lowest BCUT2D eigenvalue weighted by Gasteiger charge is -2.16. The Bertz CT molecular complexity index is 1160. The number of ether oxygens (including phenoxy) is 2. The fraction of sp³-hybridized carbons (Fsp3) is 0.333. The Morgan fingerprint density at radius 3 is 2.46 bits per heavy atom. The van der Waals surface area contributed by atoms with Crippen molar-refractivity contribution in [3.05, 3.63) is 52.0 Å². The summed E-state index contributed by atoms with van der Waals surface area (Å²) in [6.07, 6.45) is -2.70. The molecule has 3 amide bonds. The summed E-state index contributed by atoms with van der Waals surface area (Å²) in [6.45, 7) is 4.98. The molecular weight excluding hydrogens is 561 g/mol. The number of nitrogens with one attached hydrogen (secondary N) is 3. The van der Waals surface area contributed by atoms with Crippen molar-refractivity contribution in [1.82, 2.24) is 10.7 Å². The van der Waals surface area contributed by atoms with Gasteiger partial charge in [0, 0.05) is 6.04 Å². The van der Waals surface area contributed by atoms with Crippen molar-refractivity contribution in [2.75, 3.05) is 18.5 Å². The van der Waals surface area contributed by atoms with Gasteiger partial charge in [-0.15, -0.1) is 0 Å². The third-order valence-electron chi connectivity index (χ3n) is 4.76. The number of carbonyl (C=O) groups excluding carboxylic acids is 3. The second-order valence-corrected chi connectivity index (χ2v) is 8.48.